The van der Waals surface area contributed by atoms with Crippen LogP contribution in [0.1, 0.15) is 15.9 Å². The fourth-order valence-electron chi connectivity index (χ4n) is 3.31. The molecule has 4 rings (SSSR count). The lowest BCUT2D eigenvalue weighted by Crippen LogP contribution is -2.21. The Bertz CT molecular complexity index is 822. The molecule has 0 spiro atoms. The fraction of sp³-hybridized carbons (Fsp3) is 0.167. The van der Waals surface area contributed by atoms with Crippen LogP contribution in [0.15, 0.2) is 54.7 Å². The maximum absolute atomic E-state index is 12.8. The van der Waals surface area contributed by atoms with Crippen molar-refractivity contribution in [2.45, 2.75) is 12.8 Å². The van der Waals surface area contributed by atoms with Gasteiger partial charge in [0.25, 0.3) is 0 Å². The van der Waals surface area contributed by atoms with Crippen LogP contribution in [-0.4, -0.2) is 10.5 Å². The zero-order valence-electron chi connectivity index (χ0n) is 11.6. The Kier molecular flexibility index (Phi) is 2.61. The van der Waals surface area contributed by atoms with Gasteiger partial charge < -0.3 is 5.73 Å². The number of nitrogens with two attached hydrogens (primary N) is 1. The van der Waals surface area contributed by atoms with Crippen LogP contribution in [0.5, 0.6) is 0 Å². The first-order chi connectivity index (χ1) is 10.2. The van der Waals surface area contributed by atoms with Crippen LogP contribution in [0.4, 0.5) is 5.69 Å². The normalized spacial score (nSPS) is 14.5. The van der Waals surface area contributed by atoms with E-state index in [9.17, 15) is 4.79 Å². The standard InChI is InChI=1S/C18H16N2O/c19-16-6-3-7-17-15(16)8-9-20(17)18(21)14-10-12-4-1-2-5-13(12)11-14/h1-9,14H,10-11,19H2. The molecular formula is C18H16N2O. The molecule has 0 amide bonds. The van der Waals surface area contributed by atoms with Crippen molar-refractivity contribution >= 4 is 22.5 Å². The van der Waals surface area contributed by atoms with E-state index in [4.69, 9.17) is 5.73 Å². The number of anilines is 1. The van der Waals surface area contributed by atoms with Crippen LogP contribution >= 0.6 is 0 Å². The number of nitrogens with zero attached hydrogens (tertiary/aromatic N) is 1. The number of carbonyl (C=O) groups excluding carboxylic acids is 1. The molecule has 2 N–H and O–H groups in total. The fourth-order valence-corrected chi connectivity index (χ4v) is 3.31. The molecule has 1 aliphatic rings. The zero-order valence-corrected chi connectivity index (χ0v) is 11.6. The van der Waals surface area contributed by atoms with Crippen molar-refractivity contribution in [1.29, 1.82) is 0 Å². The predicted octanol–water partition coefficient (Wildman–Crippen LogP) is 3.28. The lowest BCUT2D eigenvalue weighted by atomic mass is 10.1. The lowest BCUT2D eigenvalue weighted by Gasteiger charge is -2.10. The van der Waals surface area contributed by atoms with Crippen molar-refractivity contribution in [2.24, 2.45) is 5.92 Å². The second kappa shape index (κ2) is 4.48. The molecule has 0 aliphatic heterocycles. The second-order valence-electron chi connectivity index (χ2n) is 5.68. The first-order valence-electron chi connectivity index (χ1n) is 7.20. The van der Waals surface area contributed by atoms with E-state index in [2.05, 4.69) is 12.1 Å². The minimum Gasteiger partial charge on any atom is -0.398 e. The molecule has 3 nitrogen and oxygen atoms in total. The minimum absolute atomic E-state index is 0.0273. The van der Waals surface area contributed by atoms with Crippen LogP contribution < -0.4 is 5.73 Å². The van der Waals surface area contributed by atoms with Crippen molar-refractivity contribution in [3.05, 3.63) is 65.9 Å². The van der Waals surface area contributed by atoms with Crippen LogP contribution in [0.3, 0.4) is 0 Å². The molecule has 21 heavy (non-hydrogen) atoms. The summed E-state index contributed by atoms with van der Waals surface area (Å²) in [5, 5.41) is 0.946. The highest BCUT2D eigenvalue weighted by atomic mass is 16.2. The summed E-state index contributed by atoms with van der Waals surface area (Å²) in [6, 6.07) is 15.9. The summed E-state index contributed by atoms with van der Waals surface area (Å²) < 4.78 is 1.75. The molecule has 0 radical (unpaired) electrons. The first kappa shape index (κ1) is 12.2. The van der Waals surface area contributed by atoms with Gasteiger partial charge in [0.1, 0.15) is 0 Å². The van der Waals surface area contributed by atoms with Gasteiger partial charge in [0.2, 0.25) is 5.91 Å². The van der Waals surface area contributed by atoms with E-state index in [0.29, 0.717) is 5.69 Å². The summed E-state index contributed by atoms with van der Waals surface area (Å²) in [6.45, 7) is 0. The van der Waals surface area contributed by atoms with E-state index in [-0.39, 0.29) is 11.8 Å². The molecule has 104 valence electrons. The van der Waals surface area contributed by atoms with Gasteiger partial charge in [0, 0.05) is 23.2 Å². The van der Waals surface area contributed by atoms with E-state index in [1.165, 1.54) is 11.1 Å². The van der Waals surface area contributed by atoms with E-state index in [1.54, 1.807) is 4.57 Å². The third-order valence-corrected chi connectivity index (χ3v) is 4.40. The Balaban J connectivity index is 1.71. The number of rotatable bonds is 1. The predicted molar refractivity (Wildman–Crippen MR) is 84.3 cm³/mol. The van der Waals surface area contributed by atoms with E-state index < -0.39 is 0 Å². The molecule has 1 aliphatic carbocycles. The summed E-state index contributed by atoms with van der Waals surface area (Å²) in [4.78, 5) is 12.8. The smallest absolute Gasteiger partial charge is 0.234 e. The molecular weight excluding hydrogens is 260 g/mol. The SMILES string of the molecule is Nc1cccc2c1ccn2C(=O)C1Cc2ccccc2C1. The highest BCUT2D eigenvalue weighted by Crippen LogP contribution is 2.29. The number of hydrogen-bond acceptors (Lipinski definition) is 2. The van der Waals surface area contributed by atoms with Gasteiger partial charge in [-0.3, -0.25) is 9.36 Å². The number of carbonyl (C=O) groups is 1. The monoisotopic (exact) mass is 276 g/mol. The van der Waals surface area contributed by atoms with Crippen LogP contribution in [0, 0.1) is 5.92 Å². The van der Waals surface area contributed by atoms with Crippen molar-refractivity contribution < 1.29 is 4.79 Å². The second-order valence-corrected chi connectivity index (χ2v) is 5.68. The molecule has 0 saturated heterocycles. The number of aromatic nitrogens is 1. The zero-order chi connectivity index (χ0) is 14.4. The third kappa shape index (κ3) is 1.85. The summed E-state index contributed by atoms with van der Waals surface area (Å²) in [7, 11) is 0. The maximum Gasteiger partial charge on any atom is 0.234 e. The van der Waals surface area contributed by atoms with Gasteiger partial charge in [0.15, 0.2) is 0 Å². The van der Waals surface area contributed by atoms with Gasteiger partial charge in [-0.25, -0.2) is 0 Å². The Morgan fingerprint density at radius 1 is 1.00 bits per heavy atom. The van der Waals surface area contributed by atoms with Crippen molar-refractivity contribution in [2.75, 3.05) is 5.73 Å². The third-order valence-electron chi connectivity index (χ3n) is 4.40. The van der Waals surface area contributed by atoms with Gasteiger partial charge in [-0.2, -0.15) is 0 Å². The summed E-state index contributed by atoms with van der Waals surface area (Å²) in [5.74, 6) is 0.186. The van der Waals surface area contributed by atoms with Gasteiger partial charge >= 0.3 is 0 Å². The van der Waals surface area contributed by atoms with Gasteiger partial charge in [-0.1, -0.05) is 30.3 Å². The molecule has 0 saturated carbocycles. The number of nitrogen functional groups attached to an aromatic ring is 1. The summed E-state index contributed by atoms with van der Waals surface area (Å²) in [6.07, 6.45) is 3.50. The molecule has 0 unspecified atom stereocenters. The highest BCUT2D eigenvalue weighted by molar-refractivity contribution is 5.98. The minimum atomic E-state index is 0.0273. The largest absolute Gasteiger partial charge is 0.398 e. The molecule has 1 aromatic heterocycles. The molecule has 2 aromatic carbocycles. The van der Waals surface area contributed by atoms with Crippen LogP contribution in [-0.2, 0) is 12.8 Å². The summed E-state index contributed by atoms with van der Waals surface area (Å²) in [5.41, 5.74) is 10.2. The molecule has 3 heteroatoms. The highest BCUT2D eigenvalue weighted by Gasteiger charge is 2.28. The van der Waals surface area contributed by atoms with Crippen molar-refractivity contribution in [1.82, 2.24) is 4.57 Å². The number of fused-ring (bicyclic) bond motifs is 2. The quantitative estimate of drug-likeness (QED) is 0.693. The van der Waals surface area contributed by atoms with Gasteiger partial charge in [-0.05, 0) is 42.2 Å². The molecule has 0 fully saturated rings. The maximum atomic E-state index is 12.8. The Hall–Kier alpha value is -2.55. The van der Waals surface area contributed by atoms with Gasteiger partial charge in [0.05, 0.1) is 5.52 Å². The molecule has 0 bridgehead atoms. The van der Waals surface area contributed by atoms with E-state index >= 15 is 0 Å². The van der Waals surface area contributed by atoms with Gasteiger partial charge in [-0.15, -0.1) is 0 Å². The lowest BCUT2D eigenvalue weighted by molar-refractivity contribution is 0.0845. The average Bonchev–Trinajstić information content (AvgIpc) is 3.11. The number of hydrogen-bond donors (Lipinski definition) is 1. The Labute approximate surface area is 123 Å². The van der Waals surface area contributed by atoms with Crippen molar-refractivity contribution in [3.63, 3.8) is 0 Å². The average molecular weight is 276 g/mol. The first-order valence-corrected chi connectivity index (χ1v) is 7.20. The molecule has 3 aromatic rings. The van der Waals surface area contributed by atoms with E-state index in [1.807, 2.05) is 42.6 Å². The van der Waals surface area contributed by atoms with Crippen LogP contribution in [0.25, 0.3) is 10.9 Å². The van der Waals surface area contributed by atoms with E-state index in [0.717, 1.165) is 23.7 Å². The Morgan fingerprint density at radius 2 is 1.71 bits per heavy atom. The number of benzene rings is 2. The Morgan fingerprint density at radius 3 is 2.43 bits per heavy atom. The van der Waals surface area contributed by atoms with Crippen LogP contribution in [0.2, 0.25) is 0 Å². The molecule has 0 atom stereocenters. The van der Waals surface area contributed by atoms with Crippen molar-refractivity contribution in [3.8, 4) is 0 Å². The topological polar surface area (TPSA) is 48.0 Å². The summed E-state index contributed by atoms with van der Waals surface area (Å²) >= 11 is 0. The molecule has 1 heterocycles.